The SMILES string of the molecule is O=C(Cn1c2ccccc2c(=O)c2ccccc21)NCCC1CCCCC1. The van der Waals surface area contributed by atoms with Gasteiger partial charge in [-0.3, -0.25) is 9.59 Å². The van der Waals surface area contributed by atoms with E-state index in [-0.39, 0.29) is 17.9 Å². The van der Waals surface area contributed by atoms with Gasteiger partial charge in [-0.25, -0.2) is 0 Å². The zero-order valence-corrected chi connectivity index (χ0v) is 15.6. The minimum absolute atomic E-state index is 0.00441. The van der Waals surface area contributed by atoms with Crippen LogP contribution in [0.15, 0.2) is 53.3 Å². The normalized spacial score (nSPS) is 15.3. The molecule has 1 N–H and O–H groups in total. The van der Waals surface area contributed by atoms with E-state index in [0.717, 1.165) is 29.9 Å². The molecule has 0 atom stereocenters. The molecule has 1 saturated carbocycles. The Kier molecular flexibility index (Phi) is 5.23. The number of para-hydroxylation sites is 2. The lowest BCUT2D eigenvalue weighted by Gasteiger charge is -2.21. The summed E-state index contributed by atoms with van der Waals surface area (Å²) in [5.74, 6) is 0.762. The van der Waals surface area contributed by atoms with Crippen molar-refractivity contribution in [1.82, 2.24) is 9.88 Å². The van der Waals surface area contributed by atoms with Gasteiger partial charge in [0.05, 0.1) is 11.0 Å². The summed E-state index contributed by atoms with van der Waals surface area (Å²) in [7, 11) is 0. The number of nitrogens with zero attached hydrogens (tertiary/aromatic N) is 1. The van der Waals surface area contributed by atoms with E-state index in [2.05, 4.69) is 5.32 Å². The van der Waals surface area contributed by atoms with Crippen LogP contribution in [0.4, 0.5) is 0 Å². The molecule has 2 aromatic carbocycles. The number of fused-ring (bicyclic) bond motifs is 2. The first kappa shape index (κ1) is 17.8. The van der Waals surface area contributed by atoms with Crippen molar-refractivity contribution in [3.63, 3.8) is 0 Å². The maximum absolute atomic E-state index is 12.8. The molecule has 4 heteroatoms. The fourth-order valence-corrected chi connectivity index (χ4v) is 4.34. The van der Waals surface area contributed by atoms with Gasteiger partial charge in [0.1, 0.15) is 6.54 Å². The molecule has 3 aromatic rings. The summed E-state index contributed by atoms with van der Waals surface area (Å²) in [6.07, 6.45) is 7.67. The summed E-state index contributed by atoms with van der Waals surface area (Å²) in [4.78, 5) is 25.4. The molecule has 0 saturated heterocycles. The highest BCUT2D eigenvalue weighted by Crippen LogP contribution is 2.25. The molecule has 4 rings (SSSR count). The second-order valence-corrected chi connectivity index (χ2v) is 7.59. The molecule has 0 bridgehead atoms. The Morgan fingerprint density at radius 1 is 0.926 bits per heavy atom. The number of hydrogen-bond donors (Lipinski definition) is 1. The van der Waals surface area contributed by atoms with E-state index in [0.29, 0.717) is 10.8 Å². The molecule has 1 fully saturated rings. The van der Waals surface area contributed by atoms with Crippen molar-refractivity contribution in [3.05, 3.63) is 58.8 Å². The third kappa shape index (κ3) is 3.75. The molecule has 1 aromatic heterocycles. The molecule has 1 aliphatic carbocycles. The highest BCUT2D eigenvalue weighted by atomic mass is 16.2. The first-order valence-electron chi connectivity index (χ1n) is 10.0. The number of nitrogens with one attached hydrogen (secondary N) is 1. The first-order valence-corrected chi connectivity index (χ1v) is 10.0. The maximum atomic E-state index is 12.8. The average Bonchev–Trinajstić information content (AvgIpc) is 2.72. The largest absolute Gasteiger partial charge is 0.355 e. The van der Waals surface area contributed by atoms with Crippen molar-refractivity contribution in [2.75, 3.05) is 6.54 Å². The topological polar surface area (TPSA) is 51.1 Å². The van der Waals surface area contributed by atoms with Gasteiger partial charge >= 0.3 is 0 Å². The number of carbonyl (C=O) groups excluding carboxylic acids is 1. The third-order valence-electron chi connectivity index (χ3n) is 5.78. The predicted molar refractivity (Wildman–Crippen MR) is 110 cm³/mol. The van der Waals surface area contributed by atoms with Crippen LogP contribution in [0.25, 0.3) is 21.8 Å². The Morgan fingerprint density at radius 3 is 2.15 bits per heavy atom. The van der Waals surface area contributed by atoms with Crippen LogP contribution in [0, 0.1) is 5.92 Å². The fourth-order valence-electron chi connectivity index (χ4n) is 4.34. The summed E-state index contributed by atoms with van der Waals surface area (Å²) in [5, 5.41) is 4.40. The first-order chi connectivity index (χ1) is 13.2. The molecule has 27 heavy (non-hydrogen) atoms. The van der Waals surface area contributed by atoms with Crippen LogP contribution < -0.4 is 10.7 Å². The molecule has 140 valence electrons. The van der Waals surface area contributed by atoms with E-state index in [9.17, 15) is 9.59 Å². The zero-order valence-electron chi connectivity index (χ0n) is 15.6. The standard InChI is InChI=1S/C23H26N2O2/c26-22(24-15-14-17-8-2-1-3-9-17)16-25-20-12-6-4-10-18(20)23(27)19-11-5-7-13-21(19)25/h4-7,10-13,17H,1-3,8-9,14-16H2,(H,24,26). The molecule has 1 amide bonds. The second-order valence-electron chi connectivity index (χ2n) is 7.59. The quantitative estimate of drug-likeness (QED) is 0.690. The Balaban J connectivity index is 1.56. The molecule has 0 unspecified atom stereocenters. The number of benzene rings is 2. The van der Waals surface area contributed by atoms with Crippen LogP contribution in [-0.2, 0) is 11.3 Å². The van der Waals surface area contributed by atoms with Crippen LogP contribution in [0.1, 0.15) is 38.5 Å². The summed E-state index contributed by atoms with van der Waals surface area (Å²) in [6.45, 7) is 0.964. The Labute approximate surface area is 159 Å². The molecule has 4 nitrogen and oxygen atoms in total. The average molecular weight is 362 g/mol. The van der Waals surface area contributed by atoms with Crippen molar-refractivity contribution in [1.29, 1.82) is 0 Å². The molecule has 1 heterocycles. The van der Waals surface area contributed by atoms with Crippen molar-refractivity contribution in [3.8, 4) is 0 Å². The molecule has 0 spiro atoms. The number of rotatable bonds is 5. The highest BCUT2D eigenvalue weighted by molar-refractivity contribution is 5.94. The van der Waals surface area contributed by atoms with Crippen molar-refractivity contribution >= 4 is 27.7 Å². The van der Waals surface area contributed by atoms with E-state index in [1.165, 1.54) is 32.1 Å². The summed E-state index contributed by atoms with van der Waals surface area (Å²) < 4.78 is 1.96. The fraction of sp³-hybridized carbons (Fsp3) is 0.391. The van der Waals surface area contributed by atoms with Gasteiger partial charge in [-0.1, -0.05) is 56.4 Å². The third-order valence-corrected chi connectivity index (χ3v) is 5.78. The van der Waals surface area contributed by atoms with Gasteiger partial charge in [0.2, 0.25) is 5.91 Å². The summed E-state index contributed by atoms with van der Waals surface area (Å²) >= 11 is 0. The number of amides is 1. The van der Waals surface area contributed by atoms with Gasteiger partial charge in [0, 0.05) is 17.3 Å². The second kappa shape index (κ2) is 7.95. The Morgan fingerprint density at radius 2 is 1.52 bits per heavy atom. The number of hydrogen-bond acceptors (Lipinski definition) is 2. The van der Waals surface area contributed by atoms with Crippen LogP contribution in [0.2, 0.25) is 0 Å². The van der Waals surface area contributed by atoms with E-state index in [4.69, 9.17) is 0 Å². The zero-order chi connectivity index (χ0) is 18.6. The molecule has 0 radical (unpaired) electrons. The lowest BCUT2D eigenvalue weighted by atomic mass is 9.87. The minimum atomic E-state index is 0.00441. The number of carbonyl (C=O) groups is 1. The van der Waals surface area contributed by atoms with Crippen molar-refractivity contribution < 1.29 is 4.79 Å². The van der Waals surface area contributed by atoms with Gasteiger partial charge in [-0.05, 0) is 36.6 Å². The number of pyridine rings is 1. The van der Waals surface area contributed by atoms with Crippen molar-refractivity contribution in [2.45, 2.75) is 45.1 Å². The minimum Gasteiger partial charge on any atom is -0.355 e. The molecule has 0 aliphatic heterocycles. The monoisotopic (exact) mass is 362 g/mol. The van der Waals surface area contributed by atoms with E-state index < -0.39 is 0 Å². The van der Waals surface area contributed by atoms with Gasteiger partial charge in [-0.2, -0.15) is 0 Å². The Bertz CT molecular complexity index is 956. The summed E-state index contributed by atoms with van der Waals surface area (Å²) in [6, 6.07) is 15.1. The maximum Gasteiger partial charge on any atom is 0.239 e. The van der Waals surface area contributed by atoms with Gasteiger partial charge in [-0.15, -0.1) is 0 Å². The lowest BCUT2D eigenvalue weighted by molar-refractivity contribution is -0.121. The molecular weight excluding hydrogens is 336 g/mol. The van der Waals surface area contributed by atoms with Crippen LogP contribution in [-0.4, -0.2) is 17.0 Å². The molecule has 1 aliphatic rings. The van der Waals surface area contributed by atoms with Crippen LogP contribution in [0.3, 0.4) is 0 Å². The van der Waals surface area contributed by atoms with Crippen LogP contribution >= 0.6 is 0 Å². The Hall–Kier alpha value is -2.62. The van der Waals surface area contributed by atoms with Crippen molar-refractivity contribution in [2.24, 2.45) is 5.92 Å². The molecular formula is C23H26N2O2. The predicted octanol–water partition coefficient (Wildman–Crippen LogP) is 4.24. The van der Waals surface area contributed by atoms with E-state index >= 15 is 0 Å². The smallest absolute Gasteiger partial charge is 0.239 e. The summed E-state index contributed by atoms with van der Waals surface area (Å²) in [5.41, 5.74) is 1.64. The number of aromatic nitrogens is 1. The van der Waals surface area contributed by atoms with E-state index in [1.54, 1.807) is 0 Å². The van der Waals surface area contributed by atoms with Gasteiger partial charge < -0.3 is 9.88 Å². The van der Waals surface area contributed by atoms with Gasteiger partial charge in [0.15, 0.2) is 5.43 Å². The van der Waals surface area contributed by atoms with Gasteiger partial charge in [0.25, 0.3) is 0 Å². The van der Waals surface area contributed by atoms with Crippen LogP contribution in [0.5, 0.6) is 0 Å². The lowest BCUT2D eigenvalue weighted by Crippen LogP contribution is -2.30. The van der Waals surface area contributed by atoms with E-state index in [1.807, 2.05) is 53.1 Å². The highest BCUT2D eigenvalue weighted by Gasteiger charge is 2.15.